The Morgan fingerprint density at radius 3 is 3.07 bits per heavy atom. The molecule has 0 spiro atoms. The van der Waals surface area contributed by atoms with Gasteiger partial charge >= 0.3 is 0 Å². The lowest BCUT2D eigenvalue weighted by Gasteiger charge is -1.98. The molecule has 0 unspecified atom stereocenters. The molecule has 4 nitrogen and oxygen atoms in total. The smallest absolute Gasteiger partial charge is 0.261 e. The Labute approximate surface area is 85.7 Å². The van der Waals surface area contributed by atoms with Crippen LogP contribution in [-0.4, -0.2) is 10.9 Å². The fourth-order valence-corrected chi connectivity index (χ4v) is 1.57. The summed E-state index contributed by atoms with van der Waals surface area (Å²) in [6.45, 7) is 0. The molecule has 1 heterocycles. The van der Waals surface area contributed by atoms with E-state index in [9.17, 15) is 4.79 Å². The number of pyridine rings is 1. The van der Waals surface area contributed by atoms with Crippen molar-refractivity contribution in [3.05, 3.63) is 34.1 Å². The molecule has 1 aliphatic rings. The first kappa shape index (κ1) is 9.18. The number of carbonyl (C=O) groups excluding carboxylic acids is 1. The third-order valence-electron chi connectivity index (χ3n) is 2.09. The zero-order chi connectivity index (χ0) is 10.1. The Morgan fingerprint density at radius 1 is 1.57 bits per heavy atom. The molecule has 0 saturated carbocycles. The van der Waals surface area contributed by atoms with E-state index in [4.69, 9.17) is 17.4 Å². The summed E-state index contributed by atoms with van der Waals surface area (Å²) in [6, 6.07) is 3.56. The van der Waals surface area contributed by atoms with Gasteiger partial charge in [-0.1, -0.05) is 17.7 Å². The van der Waals surface area contributed by atoms with Crippen molar-refractivity contribution in [2.45, 2.75) is 6.42 Å². The van der Waals surface area contributed by atoms with Crippen molar-refractivity contribution in [2.75, 3.05) is 0 Å². The quantitative estimate of drug-likeness (QED) is 0.309. The van der Waals surface area contributed by atoms with E-state index in [1.807, 2.05) is 6.07 Å². The summed E-state index contributed by atoms with van der Waals surface area (Å²) in [5.74, 6) is 4.75. The van der Waals surface area contributed by atoms with Crippen molar-refractivity contribution >= 4 is 23.6 Å². The first-order valence-corrected chi connectivity index (χ1v) is 4.45. The van der Waals surface area contributed by atoms with Crippen LogP contribution in [0.25, 0.3) is 6.08 Å². The molecule has 0 aliphatic heterocycles. The van der Waals surface area contributed by atoms with Crippen molar-refractivity contribution in [3.8, 4) is 0 Å². The standard InChI is InChI=1S/C9H8ClN3O/c10-8-2-1-5-3-6(9(14)13-11)4-7(5)12-8/h1-2,4H,3,11H2,(H,13,14). The number of halogens is 1. The first-order chi connectivity index (χ1) is 6.70. The average molecular weight is 210 g/mol. The molecule has 2 rings (SSSR count). The minimum absolute atomic E-state index is 0.279. The minimum atomic E-state index is -0.279. The Balaban J connectivity index is 2.34. The van der Waals surface area contributed by atoms with Crippen LogP contribution in [0.3, 0.4) is 0 Å². The minimum Gasteiger partial charge on any atom is -0.290 e. The highest BCUT2D eigenvalue weighted by molar-refractivity contribution is 6.29. The third-order valence-corrected chi connectivity index (χ3v) is 2.30. The van der Waals surface area contributed by atoms with Gasteiger partial charge in [-0.3, -0.25) is 10.2 Å². The fraction of sp³-hybridized carbons (Fsp3) is 0.111. The van der Waals surface area contributed by atoms with Gasteiger partial charge < -0.3 is 0 Å². The molecule has 0 saturated heterocycles. The SMILES string of the molecule is NNC(=O)C1=Cc2nc(Cl)ccc2C1. The molecule has 0 bridgehead atoms. The molecule has 3 N–H and O–H groups in total. The van der Waals surface area contributed by atoms with Gasteiger partial charge in [0.15, 0.2) is 0 Å². The Morgan fingerprint density at radius 2 is 2.36 bits per heavy atom. The number of hydrogen-bond acceptors (Lipinski definition) is 3. The van der Waals surface area contributed by atoms with E-state index in [-0.39, 0.29) is 5.91 Å². The summed E-state index contributed by atoms with van der Waals surface area (Å²) in [6.07, 6.45) is 2.26. The highest BCUT2D eigenvalue weighted by atomic mass is 35.5. The van der Waals surface area contributed by atoms with E-state index in [0.29, 0.717) is 17.1 Å². The van der Waals surface area contributed by atoms with Crippen LogP contribution >= 0.6 is 11.6 Å². The third kappa shape index (κ3) is 1.49. The second kappa shape index (κ2) is 3.40. The monoisotopic (exact) mass is 209 g/mol. The van der Waals surface area contributed by atoms with E-state index in [1.54, 1.807) is 12.1 Å². The molecule has 0 aromatic carbocycles. The van der Waals surface area contributed by atoms with Crippen LogP contribution < -0.4 is 11.3 Å². The maximum absolute atomic E-state index is 11.2. The highest BCUT2D eigenvalue weighted by Crippen LogP contribution is 2.24. The number of nitrogens with one attached hydrogen (secondary N) is 1. The van der Waals surface area contributed by atoms with Crippen molar-refractivity contribution < 1.29 is 4.79 Å². The molecule has 0 fully saturated rings. The van der Waals surface area contributed by atoms with E-state index >= 15 is 0 Å². The van der Waals surface area contributed by atoms with Crippen molar-refractivity contribution in [2.24, 2.45) is 5.84 Å². The summed E-state index contributed by atoms with van der Waals surface area (Å²) >= 11 is 5.72. The second-order valence-corrected chi connectivity index (χ2v) is 3.39. The largest absolute Gasteiger partial charge is 0.290 e. The van der Waals surface area contributed by atoms with Crippen LogP contribution in [0.4, 0.5) is 0 Å². The molecule has 14 heavy (non-hydrogen) atoms. The van der Waals surface area contributed by atoms with Crippen LogP contribution in [0.2, 0.25) is 5.15 Å². The molecule has 1 aromatic heterocycles. The van der Waals surface area contributed by atoms with Crippen molar-refractivity contribution in [1.82, 2.24) is 10.4 Å². The number of hydrazine groups is 1. The van der Waals surface area contributed by atoms with Gasteiger partial charge in [-0.2, -0.15) is 0 Å². The molecular weight excluding hydrogens is 202 g/mol. The summed E-state index contributed by atoms with van der Waals surface area (Å²) in [5.41, 5.74) is 4.44. The Bertz CT molecular complexity index is 428. The molecule has 72 valence electrons. The number of fused-ring (bicyclic) bond motifs is 1. The van der Waals surface area contributed by atoms with Gasteiger partial charge in [-0.05, 0) is 17.7 Å². The number of aromatic nitrogens is 1. The van der Waals surface area contributed by atoms with Crippen LogP contribution in [0.15, 0.2) is 17.7 Å². The van der Waals surface area contributed by atoms with E-state index in [0.717, 1.165) is 11.3 Å². The first-order valence-electron chi connectivity index (χ1n) is 4.07. The molecule has 1 aliphatic carbocycles. The summed E-state index contributed by atoms with van der Waals surface area (Å²) in [4.78, 5) is 15.3. The normalized spacial score (nSPS) is 13.4. The lowest BCUT2D eigenvalue weighted by atomic mass is 10.1. The maximum atomic E-state index is 11.2. The van der Waals surface area contributed by atoms with Gasteiger partial charge in [0.05, 0.1) is 5.69 Å². The molecule has 5 heteroatoms. The van der Waals surface area contributed by atoms with Gasteiger partial charge in [0.2, 0.25) is 0 Å². The number of nitrogens with zero attached hydrogens (tertiary/aromatic N) is 1. The predicted molar refractivity (Wildman–Crippen MR) is 53.3 cm³/mol. The number of carbonyl (C=O) groups is 1. The number of hydrogen-bond donors (Lipinski definition) is 2. The predicted octanol–water partition coefficient (Wildman–Crippen LogP) is 0.664. The molecule has 1 aromatic rings. The lowest BCUT2D eigenvalue weighted by Crippen LogP contribution is -2.31. The van der Waals surface area contributed by atoms with Crippen LogP contribution in [-0.2, 0) is 11.2 Å². The molecule has 1 amide bonds. The van der Waals surface area contributed by atoms with Gasteiger partial charge in [0.25, 0.3) is 5.91 Å². The van der Waals surface area contributed by atoms with Crippen LogP contribution in [0.1, 0.15) is 11.3 Å². The fourth-order valence-electron chi connectivity index (χ4n) is 1.41. The zero-order valence-electron chi connectivity index (χ0n) is 7.25. The molecular formula is C9H8ClN3O. The van der Waals surface area contributed by atoms with Crippen LogP contribution in [0, 0.1) is 0 Å². The zero-order valence-corrected chi connectivity index (χ0v) is 8.01. The number of nitrogens with two attached hydrogens (primary N) is 1. The Kier molecular flexibility index (Phi) is 2.23. The van der Waals surface area contributed by atoms with Crippen LogP contribution in [0.5, 0.6) is 0 Å². The number of rotatable bonds is 1. The lowest BCUT2D eigenvalue weighted by molar-refractivity contribution is -0.117. The van der Waals surface area contributed by atoms with Crippen molar-refractivity contribution in [3.63, 3.8) is 0 Å². The van der Waals surface area contributed by atoms with E-state index < -0.39 is 0 Å². The summed E-state index contributed by atoms with van der Waals surface area (Å²) < 4.78 is 0. The Hall–Kier alpha value is -1.39. The summed E-state index contributed by atoms with van der Waals surface area (Å²) in [7, 11) is 0. The van der Waals surface area contributed by atoms with Gasteiger partial charge in [0, 0.05) is 12.0 Å². The average Bonchev–Trinajstić information content (AvgIpc) is 2.59. The number of amides is 1. The topological polar surface area (TPSA) is 68.0 Å². The van der Waals surface area contributed by atoms with E-state index in [2.05, 4.69) is 10.4 Å². The summed E-state index contributed by atoms with van der Waals surface area (Å²) in [5, 5.41) is 0.425. The second-order valence-electron chi connectivity index (χ2n) is 3.00. The van der Waals surface area contributed by atoms with Gasteiger partial charge in [-0.15, -0.1) is 0 Å². The molecule has 0 radical (unpaired) electrons. The highest BCUT2D eigenvalue weighted by Gasteiger charge is 2.18. The van der Waals surface area contributed by atoms with Gasteiger partial charge in [0.1, 0.15) is 5.15 Å². The molecule has 0 atom stereocenters. The van der Waals surface area contributed by atoms with Crippen molar-refractivity contribution in [1.29, 1.82) is 0 Å². The maximum Gasteiger partial charge on any atom is 0.261 e. The van der Waals surface area contributed by atoms with E-state index in [1.165, 1.54) is 0 Å². The van der Waals surface area contributed by atoms with Gasteiger partial charge in [-0.25, -0.2) is 10.8 Å².